The van der Waals surface area contributed by atoms with Gasteiger partial charge in [0.2, 0.25) is 0 Å². The first-order valence-electron chi connectivity index (χ1n) is 9.30. The topological polar surface area (TPSA) is 124 Å². The Morgan fingerprint density at radius 2 is 2.00 bits per heavy atom. The van der Waals surface area contributed by atoms with Gasteiger partial charge in [-0.1, -0.05) is 37.6 Å². The van der Waals surface area contributed by atoms with E-state index in [0.717, 1.165) is 12.5 Å². The molecular weight excluding hydrogens is 410 g/mol. The van der Waals surface area contributed by atoms with E-state index >= 15 is 0 Å². The fourth-order valence-corrected chi connectivity index (χ4v) is 4.17. The van der Waals surface area contributed by atoms with Crippen LogP contribution in [0.5, 0.6) is 5.75 Å². The first-order chi connectivity index (χ1) is 14.2. The minimum absolute atomic E-state index is 0.0913. The number of carbonyl (C=O) groups is 1. The second kappa shape index (κ2) is 10.0. The Morgan fingerprint density at radius 1 is 1.27 bits per heavy atom. The number of sulfone groups is 1. The molecule has 0 unspecified atom stereocenters. The zero-order chi connectivity index (χ0) is 22.3. The van der Waals surface area contributed by atoms with Gasteiger partial charge in [0.05, 0.1) is 22.2 Å². The largest absolute Gasteiger partial charge is 0.507 e. The Balaban J connectivity index is 2.25. The second-order valence-corrected chi connectivity index (χ2v) is 8.61. The maximum Gasteiger partial charge on any atom is 0.342 e. The van der Waals surface area contributed by atoms with Crippen LogP contribution in [-0.2, 0) is 14.6 Å². The number of hydrogen-bond donors (Lipinski definition) is 1. The van der Waals surface area contributed by atoms with Crippen molar-refractivity contribution in [1.29, 1.82) is 0 Å². The Morgan fingerprint density at radius 3 is 2.67 bits per heavy atom. The van der Waals surface area contributed by atoms with Crippen molar-refractivity contribution in [2.45, 2.75) is 31.6 Å². The van der Waals surface area contributed by atoms with Gasteiger partial charge in [0.1, 0.15) is 11.3 Å². The molecular formula is C21H23NO7S. The van der Waals surface area contributed by atoms with Gasteiger partial charge in [0, 0.05) is 12.1 Å². The van der Waals surface area contributed by atoms with Gasteiger partial charge >= 0.3 is 5.97 Å². The van der Waals surface area contributed by atoms with Crippen LogP contribution in [0.2, 0.25) is 0 Å². The smallest absolute Gasteiger partial charge is 0.342 e. The number of hydrogen-bond acceptors (Lipinski definition) is 7. The van der Waals surface area contributed by atoms with Crippen LogP contribution in [0, 0.1) is 17.0 Å². The van der Waals surface area contributed by atoms with Gasteiger partial charge in [-0.05, 0) is 36.6 Å². The number of non-ortho nitro benzene ring substituents is 1. The number of nitro groups is 1. The predicted molar refractivity (Wildman–Crippen MR) is 112 cm³/mol. The highest BCUT2D eigenvalue weighted by Gasteiger charge is 2.24. The zero-order valence-electron chi connectivity index (χ0n) is 16.7. The van der Waals surface area contributed by atoms with E-state index in [9.17, 15) is 28.4 Å². The molecule has 2 aromatic rings. The number of nitrogens with zero attached hydrogens (tertiary/aromatic N) is 1. The molecule has 160 valence electrons. The molecule has 0 saturated heterocycles. The summed E-state index contributed by atoms with van der Waals surface area (Å²) in [7, 11) is -3.83. The fourth-order valence-electron chi connectivity index (χ4n) is 2.80. The van der Waals surface area contributed by atoms with E-state index in [0.29, 0.717) is 12.0 Å². The Kier molecular flexibility index (Phi) is 7.71. The van der Waals surface area contributed by atoms with Crippen molar-refractivity contribution in [3.05, 3.63) is 69.3 Å². The average molecular weight is 433 g/mol. The minimum atomic E-state index is -3.83. The molecule has 0 aliphatic carbocycles. The molecule has 8 nitrogen and oxygen atoms in total. The standard InChI is InChI=1S/C21H23NO7S/c1-3-4-12-29-21(24)20-15(2)19(11-10-18(20)23)30(27,28)13-6-8-16-7-5-9-17(14-16)22(25)26/h5-11,14,23H,3-4,12-13H2,1-2H3. The van der Waals surface area contributed by atoms with Crippen LogP contribution in [-0.4, -0.2) is 36.8 Å². The quantitative estimate of drug-likeness (QED) is 0.274. The van der Waals surface area contributed by atoms with Crippen molar-refractivity contribution in [1.82, 2.24) is 0 Å². The molecule has 0 amide bonds. The molecule has 30 heavy (non-hydrogen) atoms. The van der Waals surface area contributed by atoms with E-state index < -0.39 is 20.7 Å². The molecule has 9 heteroatoms. The lowest BCUT2D eigenvalue weighted by molar-refractivity contribution is -0.384. The maximum atomic E-state index is 12.8. The van der Waals surface area contributed by atoms with Gasteiger partial charge in [-0.25, -0.2) is 13.2 Å². The van der Waals surface area contributed by atoms with E-state index in [-0.39, 0.29) is 39.8 Å². The van der Waals surface area contributed by atoms with Gasteiger partial charge in [0.25, 0.3) is 5.69 Å². The molecule has 0 heterocycles. The monoisotopic (exact) mass is 433 g/mol. The van der Waals surface area contributed by atoms with Crippen molar-refractivity contribution in [2.24, 2.45) is 0 Å². The van der Waals surface area contributed by atoms with E-state index in [2.05, 4.69) is 0 Å². The van der Waals surface area contributed by atoms with E-state index in [4.69, 9.17) is 4.74 Å². The number of unbranched alkanes of at least 4 members (excludes halogenated alkanes) is 1. The number of esters is 1. The van der Waals surface area contributed by atoms with Crippen LogP contribution in [0.3, 0.4) is 0 Å². The molecule has 2 aromatic carbocycles. The normalized spacial score (nSPS) is 11.5. The summed E-state index contributed by atoms with van der Waals surface area (Å²) in [4.78, 5) is 22.5. The SMILES string of the molecule is CCCCOC(=O)c1c(O)ccc(S(=O)(=O)CC=Cc2cccc([N+](=O)[O-])c2)c1C. The van der Waals surface area contributed by atoms with Crippen LogP contribution in [0.1, 0.15) is 41.3 Å². The van der Waals surface area contributed by atoms with Gasteiger partial charge in [0.15, 0.2) is 9.84 Å². The highest BCUT2D eigenvalue weighted by molar-refractivity contribution is 7.91. The predicted octanol–water partition coefficient (Wildman–Crippen LogP) is 4.05. The molecule has 0 bridgehead atoms. The van der Waals surface area contributed by atoms with Crippen molar-refractivity contribution in [2.75, 3.05) is 12.4 Å². The first kappa shape index (κ1) is 23.1. The highest BCUT2D eigenvalue weighted by atomic mass is 32.2. The third-order valence-corrected chi connectivity index (χ3v) is 6.11. The molecule has 0 atom stereocenters. The van der Waals surface area contributed by atoms with Crippen LogP contribution in [0.4, 0.5) is 5.69 Å². The maximum absolute atomic E-state index is 12.8. The first-order valence-corrected chi connectivity index (χ1v) is 11.0. The lowest BCUT2D eigenvalue weighted by atomic mass is 10.1. The van der Waals surface area contributed by atoms with Crippen LogP contribution in [0.15, 0.2) is 47.4 Å². The van der Waals surface area contributed by atoms with Crippen molar-refractivity contribution in [3.63, 3.8) is 0 Å². The Bertz CT molecular complexity index is 1070. The van der Waals surface area contributed by atoms with E-state index in [1.54, 1.807) is 6.07 Å². The van der Waals surface area contributed by atoms with Gasteiger partial charge < -0.3 is 9.84 Å². The number of phenolic OH excluding ortho intramolecular Hbond substituents is 1. The Labute approximate surface area is 174 Å². The summed E-state index contributed by atoms with van der Waals surface area (Å²) in [6.07, 6.45) is 4.33. The van der Waals surface area contributed by atoms with Crippen molar-refractivity contribution in [3.8, 4) is 5.75 Å². The number of nitro benzene ring substituents is 1. The summed E-state index contributed by atoms with van der Waals surface area (Å²) < 4.78 is 30.6. The van der Waals surface area contributed by atoms with E-state index in [1.165, 1.54) is 43.3 Å². The molecule has 0 fully saturated rings. The van der Waals surface area contributed by atoms with Crippen molar-refractivity contribution >= 4 is 27.6 Å². The lowest BCUT2D eigenvalue weighted by Crippen LogP contribution is -2.13. The minimum Gasteiger partial charge on any atom is -0.507 e. The second-order valence-electron chi connectivity index (χ2n) is 6.61. The molecule has 2 rings (SSSR count). The average Bonchev–Trinajstić information content (AvgIpc) is 2.68. The summed E-state index contributed by atoms with van der Waals surface area (Å²) in [5.74, 6) is -1.51. The van der Waals surface area contributed by atoms with Crippen LogP contribution in [0.25, 0.3) is 6.08 Å². The molecule has 0 aliphatic heterocycles. The number of benzene rings is 2. The van der Waals surface area contributed by atoms with Crippen LogP contribution >= 0.6 is 0 Å². The zero-order valence-corrected chi connectivity index (χ0v) is 17.5. The number of carbonyl (C=O) groups excluding carboxylic acids is 1. The fraction of sp³-hybridized carbons (Fsp3) is 0.286. The molecule has 0 aromatic heterocycles. The number of phenols is 1. The van der Waals surface area contributed by atoms with Gasteiger partial charge in [-0.2, -0.15) is 0 Å². The summed E-state index contributed by atoms with van der Waals surface area (Å²) in [5.41, 5.74) is 0.331. The molecule has 0 radical (unpaired) electrons. The summed E-state index contributed by atoms with van der Waals surface area (Å²) in [5, 5.41) is 20.9. The van der Waals surface area contributed by atoms with Gasteiger partial charge in [-0.3, -0.25) is 10.1 Å². The summed E-state index contributed by atoms with van der Waals surface area (Å²) in [6.45, 7) is 3.55. The highest BCUT2D eigenvalue weighted by Crippen LogP contribution is 2.28. The molecule has 0 aliphatic rings. The molecule has 1 N–H and O–H groups in total. The lowest BCUT2D eigenvalue weighted by Gasteiger charge is -2.12. The Hall–Kier alpha value is -3.20. The van der Waals surface area contributed by atoms with Gasteiger partial charge in [-0.15, -0.1) is 0 Å². The third kappa shape index (κ3) is 5.66. The third-order valence-electron chi connectivity index (χ3n) is 4.37. The summed E-state index contributed by atoms with van der Waals surface area (Å²) in [6, 6.07) is 8.19. The van der Waals surface area contributed by atoms with Crippen molar-refractivity contribution < 1.29 is 28.0 Å². The molecule has 0 saturated carbocycles. The number of rotatable bonds is 9. The molecule has 0 spiro atoms. The number of ether oxygens (including phenoxy) is 1. The number of aromatic hydroxyl groups is 1. The summed E-state index contributed by atoms with van der Waals surface area (Å²) >= 11 is 0. The van der Waals surface area contributed by atoms with E-state index in [1.807, 2.05) is 6.92 Å². The van der Waals surface area contributed by atoms with Crippen LogP contribution < -0.4 is 0 Å².